The number of methoxy groups -OCH3 is 2. The Labute approximate surface area is 440 Å². The van der Waals surface area contributed by atoms with E-state index in [9.17, 15) is 19.2 Å². The molecule has 23 nitrogen and oxygen atoms in total. The second kappa shape index (κ2) is 22.5. The number of carbonyl (C=O) groups excluding carboxylic acids is 3. The Morgan fingerprint density at radius 1 is 0.597 bits per heavy atom. The summed E-state index contributed by atoms with van der Waals surface area (Å²) in [5, 5.41) is 21.6. The van der Waals surface area contributed by atoms with E-state index in [1.807, 2.05) is 48.8 Å². The first-order valence-corrected chi connectivity index (χ1v) is 24.9. The number of amides is 1. The van der Waals surface area contributed by atoms with Crippen LogP contribution in [0.4, 0.5) is 0 Å². The van der Waals surface area contributed by atoms with Crippen molar-refractivity contribution in [2.45, 2.75) is 51.6 Å². The number of imidazole rings is 2. The van der Waals surface area contributed by atoms with Gasteiger partial charge in [-0.15, -0.1) is 0 Å². The van der Waals surface area contributed by atoms with E-state index in [1.54, 1.807) is 31.3 Å². The summed E-state index contributed by atoms with van der Waals surface area (Å²) in [6.45, 7) is 6.68. The monoisotopic (exact) mass is 1040 g/mol. The van der Waals surface area contributed by atoms with Crippen LogP contribution >= 0.6 is 0 Å². The number of nitrogens with zero attached hydrogens (tertiary/aromatic N) is 13. The Balaban J connectivity index is 0.000000145. The Hall–Kier alpha value is -9.64. The van der Waals surface area contributed by atoms with Crippen LogP contribution in [0.1, 0.15) is 70.1 Å². The third-order valence-electron chi connectivity index (χ3n) is 13.5. The number of aromatic nitrogens is 14. The number of piperidine rings is 2. The Morgan fingerprint density at radius 3 is 1.48 bits per heavy atom. The lowest BCUT2D eigenvalue weighted by molar-refractivity contribution is -0.131. The van der Waals surface area contributed by atoms with Crippen LogP contribution in [-0.4, -0.2) is 142 Å². The highest BCUT2D eigenvalue weighted by Gasteiger charge is 2.32. The predicted octanol–water partition coefficient (Wildman–Crippen LogP) is 6.57. The number of carboxylic acids is 1. The molecule has 2 aromatic carbocycles. The van der Waals surface area contributed by atoms with E-state index >= 15 is 0 Å². The molecule has 0 saturated carbocycles. The smallest absolute Gasteiger partial charge is 0.377 e. The molecule has 0 bridgehead atoms. The van der Waals surface area contributed by atoms with Crippen LogP contribution in [0, 0.1) is 13.8 Å². The molecule has 1 amide bonds. The van der Waals surface area contributed by atoms with E-state index in [1.165, 1.54) is 73.1 Å². The van der Waals surface area contributed by atoms with Gasteiger partial charge < -0.3 is 43.9 Å². The van der Waals surface area contributed by atoms with E-state index in [2.05, 4.69) is 95.0 Å². The van der Waals surface area contributed by atoms with Gasteiger partial charge in [0.05, 0.1) is 59.5 Å². The van der Waals surface area contributed by atoms with Gasteiger partial charge in [0.2, 0.25) is 0 Å². The number of fused-ring (bicyclic) bond motifs is 2. The first kappa shape index (κ1) is 50.9. The van der Waals surface area contributed by atoms with Crippen molar-refractivity contribution in [2.24, 2.45) is 0 Å². The van der Waals surface area contributed by atoms with Crippen molar-refractivity contribution in [3.8, 4) is 45.9 Å². The summed E-state index contributed by atoms with van der Waals surface area (Å²) in [5.74, 6) is 0.984. The number of ketones is 2. The van der Waals surface area contributed by atoms with Gasteiger partial charge in [-0.2, -0.15) is 10.2 Å². The Morgan fingerprint density at radius 2 is 1.05 bits per heavy atom. The summed E-state index contributed by atoms with van der Waals surface area (Å²) in [5.41, 5.74) is 3.47. The maximum absolute atomic E-state index is 13.5. The maximum Gasteiger partial charge on any atom is 0.377 e. The lowest BCUT2D eigenvalue weighted by atomic mass is 10.0. The number of H-pyrrole nitrogens is 2. The maximum atomic E-state index is 13.5. The number of pyridine rings is 2. The van der Waals surface area contributed by atoms with Crippen molar-refractivity contribution in [1.82, 2.24) is 78.8 Å². The van der Waals surface area contributed by atoms with Gasteiger partial charge in [0.1, 0.15) is 47.5 Å². The summed E-state index contributed by atoms with van der Waals surface area (Å²) in [6, 6.07) is 21.3. The van der Waals surface area contributed by atoms with Crippen molar-refractivity contribution in [1.29, 1.82) is 0 Å². The van der Waals surface area contributed by atoms with E-state index in [4.69, 9.17) is 14.6 Å². The first-order chi connectivity index (χ1) is 37.5. The number of hydrogen-bond donors (Lipinski definition) is 4. The molecule has 77 heavy (non-hydrogen) atoms. The average molecular weight is 1040 g/mol. The standard InChI is InChI=1S/C27H26N8O3.C14H17N3.C13H11N5O4/c1-17-31-16-35(32-17)26-23-22(21(38-2)15-30-26)20(14-29-23)24(36)27(37)33-11-8-19(9-12-33)34-13-10-28-25(34)18-6-4-3-5-7-18;1-2-4-12(5-3-1)14-16-10-11-17(14)13-6-8-15-9-7-13;1-6-16-5-18(17-6)12-10-9(8(22-2)4-15-12)7(3-14-10)11(19)13(20)21/h3-7,10,13-16,19,29H,8-9,11-12H2,1-2H3;1-5,10-11,13,15H,6-9H2;3-5,14H,1-2H3,(H,20,21). The predicted molar refractivity (Wildman–Crippen MR) is 282 cm³/mol. The minimum absolute atomic E-state index is 0.000151. The van der Waals surface area contributed by atoms with Gasteiger partial charge >= 0.3 is 5.97 Å². The van der Waals surface area contributed by atoms with Crippen LogP contribution in [0.5, 0.6) is 11.5 Å². The molecule has 392 valence electrons. The molecular weight excluding hydrogens is 985 g/mol. The second-order valence-corrected chi connectivity index (χ2v) is 18.2. The van der Waals surface area contributed by atoms with Gasteiger partial charge in [-0.3, -0.25) is 14.4 Å². The fraction of sp³-hybridized carbons (Fsp3) is 0.259. The van der Waals surface area contributed by atoms with Gasteiger partial charge in [0.15, 0.2) is 11.6 Å². The zero-order chi connectivity index (χ0) is 53.6. The van der Waals surface area contributed by atoms with Gasteiger partial charge in [-0.05, 0) is 52.6 Å². The summed E-state index contributed by atoms with van der Waals surface area (Å²) in [6.07, 6.45) is 20.4. The number of Topliss-reactive ketones (excluding diaryl/α,β-unsaturated/α-hetero) is 2. The molecule has 4 N–H and O–H groups in total. The highest BCUT2D eigenvalue weighted by molar-refractivity contribution is 6.45. The summed E-state index contributed by atoms with van der Waals surface area (Å²) < 4.78 is 18.1. The van der Waals surface area contributed by atoms with Crippen molar-refractivity contribution in [3.63, 3.8) is 0 Å². The van der Waals surface area contributed by atoms with Crippen molar-refractivity contribution >= 4 is 45.2 Å². The Bertz CT molecular complexity index is 3710. The van der Waals surface area contributed by atoms with Crippen LogP contribution in [-0.2, 0) is 9.59 Å². The van der Waals surface area contributed by atoms with Crippen LogP contribution in [0.2, 0.25) is 0 Å². The SMILES string of the molecule is COc1cnc(-n2cnc(C)n2)c2[nH]cc(C(=O)C(=O)N3CCC(n4ccnc4-c4ccccc4)CC3)c12.COc1cnc(-n2cnc(C)n2)c2[nH]cc(C(=O)C(=O)O)c12.c1ccc(-c2nccn2C2CCNCC2)cc1. The number of aromatic amines is 2. The van der Waals surface area contributed by atoms with Crippen molar-refractivity contribution in [3.05, 3.63) is 146 Å². The molecule has 0 atom stereocenters. The molecule has 0 spiro atoms. The lowest BCUT2D eigenvalue weighted by Gasteiger charge is -2.33. The number of ether oxygens (including phenoxy) is 2. The number of rotatable bonds is 12. The number of aliphatic carboxylic acids is 1. The molecule has 10 aromatic rings. The number of nitrogens with one attached hydrogen (secondary N) is 3. The van der Waals surface area contributed by atoms with Crippen LogP contribution in [0.3, 0.4) is 0 Å². The van der Waals surface area contributed by atoms with Gasteiger partial charge in [-0.1, -0.05) is 60.7 Å². The van der Waals surface area contributed by atoms with E-state index in [0.717, 1.165) is 43.1 Å². The van der Waals surface area contributed by atoms with Gasteiger partial charge in [0.25, 0.3) is 17.5 Å². The zero-order valence-electron chi connectivity index (χ0n) is 42.6. The topological polar surface area (TPSA) is 277 Å². The van der Waals surface area contributed by atoms with Crippen LogP contribution in [0.25, 0.3) is 56.2 Å². The van der Waals surface area contributed by atoms with Crippen molar-refractivity contribution in [2.75, 3.05) is 40.4 Å². The zero-order valence-corrected chi connectivity index (χ0v) is 42.6. The summed E-state index contributed by atoms with van der Waals surface area (Å²) >= 11 is 0. The van der Waals surface area contributed by atoms with Gasteiger partial charge in [0, 0.05) is 73.5 Å². The lowest BCUT2D eigenvalue weighted by Crippen LogP contribution is -2.42. The molecule has 0 aliphatic carbocycles. The van der Waals surface area contributed by atoms with E-state index < -0.39 is 23.4 Å². The highest BCUT2D eigenvalue weighted by Crippen LogP contribution is 2.35. The number of likely N-dealkylation sites (tertiary alicyclic amines) is 1. The molecule has 2 aliphatic rings. The minimum Gasteiger partial charge on any atom is -0.494 e. The van der Waals surface area contributed by atoms with Crippen molar-refractivity contribution < 1.29 is 33.8 Å². The average Bonchev–Trinajstić information content (AvgIpc) is 4.38. The quantitative estimate of drug-likeness (QED) is 0.0743. The fourth-order valence-electron chi connectivity index (χ4n) is 9.76. The number of carbonyl (C=O) groups is 4. The second-order valence-electron chi connectivity index (χ2n) is 18.2. The summed E-state index contributed by atoms with van der Waals surface area (Å²) in [7, 11) is 2.92. The normalized spacial score (nSPS) is 13.9. The molecule has 8 aromatic heterocycles. The number of carboxylic acid groups (broad SMARTS) is 1. The molecule has 2 aliphatic heterocycles. The molecular formula is C54H54N16O7. The molecule has 0 radical (unpaired) electrons. The van der Waals surface area contributed by atoms with Gasteiger partial charge in [-0.25, -0.2) is 44.1 Å². The highest BCUT2D eigenvalue weighted by atomic mass is 16.5. The van der Waals surface area contributed by atoms with E-state index in [0.29, 0.717) is 75.7 Å². The van der Waals surface area contributed by atoms with Crippen LogP contribution < -0.4 is 14.8 Å². The van der Waals surface area contributed by atoms with Crippen LogP contribution in [0.15, 0.2) is 123 Å². The summed E-state index contributed by atoms with van der Waals surface area (Å²) in [4.78, 5) is 83.0. The minimum atomic E-state index is -1.54. The molecule has 2 saturated heterocycles. The van der Waals surface area contributed by atoms with E-state index in [-0.39, 0.29) is 17.2 Å². The Kier molecular flexibility index (Phi) is 14.8. The largest absolute Gasteiger partial charge is 0.494 e. The third kappa shape index (κ3) is 10.4. The third-order valence-corrected chi connectivity index (χ3v) is 13.5. The number of aryl methyl sites for hydroxylation is 2. The molecule has 10 heterocycles. The molecule has 12 rings (SSSR count). The first-order valence-electron chi connectivity index (χ1n) is 24.9. The molecule has 0 unspecified atom stereocenters. The number of hydrogen-bond acceptors (Lipinski definition) is 15. The molecule has 2 fully saturated rings. The fourth-order valence-corrected chi connectivity index (χ4v) is 9.76. The molecule has 23 heteroatoms. The number of benzene rings is 2.